The van der Waals surface area contributed by atoms with E-state index in [2.05, 4.69) is 5.32 Å². The van der Waals surface area contributed by atoms with Crippen LogP contribution in [0.4, 0.5) is 0 Å². The molecule has 0 saturated heterocycles. The molecule has 0 rings (SSSR count). The minimum Gasteiger partial charge on any atom is -0.481 e. The Kier molecular flexibility index (Phi) is 11.2. The first-order chi connectivity index (χ1) is 14.2. The van der Waals surface area contributed by atoms with Gasteiger partial charge in [-0.25, -0.2) is 0 Å². The zero-order valence-electron chi connectivity index (χ0n) is 16.5. The van der Waals surface area contributed by atoms with Gasteiger partial charge < -0.3 is 42.7 Å². The third kappa shape index (κ3) is 11.1. The minimum atomic E-state index is -1.74. The fourth-order valence-electron chi connectivity index (χ4n) is 2.16. The first-order valence-corrected chi connectivity index (χ1v) is 8.86. The lowest BCUT2D eigenvalue weighted by Crippen LogP contribution is -2.57. The topological polar surface area (TPSA) is 268 Å². The molecule has 10 N–H and O–H groups in total. The summed E-state index contributed by atoms with van der Waals surface area (Å²) in [5.41, 5.74) is 10.3. The van der Waals surface area contributed by atoms with Gasteiger partial charge in [-0.05, 0) is 13.3 Å². The average Bonchev–Trinajstić information content (AvgIpc) is 2.62. The summed E-state index contributed by atoms with van der Waals surface area (Å²) in [6.45, 7) is 1.13. The number of carboxylic acid groups (broad SMARTS) is 3. The predicted molar refractivity (Wildman–Crippen MR) is 100 cm³/mol. The molecule has 0 radical (unpaired) electrons. The van der Waals surface area contributed by atoms with Crippen molar-refractivity contribution in [2.45, 2.75) is 56.8 Å². The van der Waals surface area contributed by atoms with Crippen LogP contribution < -0.4 is 27.4 Å². The number of aliphatic carboxylic acids is 3. The Morgan fingerprint density at radius 1 is 0.774 bits per heavy atom. The molecule has 0 fully saturated rings. The average molecular weight is 447 g/mol. The highest BCUT2D eigenvalue weighted by atomic mass is 16.4. The largest absolute Gasteiger partial charge is 0.481 e. The van der Waals surface area contributed by atoms with Gasteiger partial charge in [-0.1, -0.05) is 0 Å². The van der Waals surface area contributed by atoms with Crippen molar-refractivity contribution in [2.75, 3.05) is 0 Å². The summed E-state index contributed by atoms with van der Waals surface area (Å²) in [5, 5.41) is 32.8. The minimum absolute atomic E-state index is 0.450. The van der Waals surface area contributed by atoms with E-state index in [9.17, 15) is 33.6 Å². The lowest BCUT2D eigenvalue weighted by molar-refractivity contribution is -0.143. The van der Waals surface area contributed by atoms with E-state index in [0.717, 1.165) is 6.92 Å². The second-order valence-electron chi connectivity index (χ2n) is 6.50. The number of nitrogens with two attached hydrogens (primary N) is 2. The Morgan fingerprint density at radius 2 is 1.29 bits per heavy atom. The quantitative estimate of drug-likeness (QED) is 0.127. The van der Waals surface area contributed by atoms with Gasteiger partial charge in [0, 0.05) is 6.42 Å². The van der Waals surface area contributed by atoms with Crippen molar-refractivity contribution in [1.29, 1.82) is 0 Å². The van der Waals surface area contributed by atoms with Crippen LogP contribution in [0.1, 0.15) is 32.6 Å². The number of carboxylic acids is 3. The van der Waals surface area contributed by atoms with Crippen LogP contribution in [0.25, 0.3) is 0 Å². The van der Waals surface area contributed by atoms with Crippen LogP contribution in [0.2, 0.25) is 0 Å². The zero-order valence-corrected chi connectivity index (χ0v) is 16.5. The summed E-state index contributed by atoms with van der Waals surface area (Å²) in [5.74, 6) is -8.39. The van der Waals surface area contributed by atoms with E-state index < -0.39 is 91.4 Å². The molecule has 0 spiro atoms. The van der Waals surface area contributed by atoms with Crippen LogP contribution in [0, 0.1) is 0 Å². The predicted octanol–water partition coefficient (Wildman–Crippen LogP) is -3.91. The Labute approximate surface area is 175 Å². The van der Waals surface area contributed by atoms with Gasteiger partial charge in [0.25, 0.3) is 0 Å². The zero-order chi connectivity index (χ0) is 24.3. The molecule has 0 aromatic rings. The molecule has 0 aliphatic rings. The molecule has 4 amide bonds. The number of carbonyl (C=O) groups is 7. The standard InChI is InChI=1S/C16H25N5O10/c1-6(16(30)31)19-14(28)8(2-3-11(23)24)20-15(29)9(5-12(25)26)21-13(27)7(17)4-10(18)22/h6-9H,2-5,17H2,1H3,(H2,18,22)(H,19,28)(H,20,29)(H,21,27)(H,23,24)(H,25,26)(H,30,31). The third-order valence-corrected chi connectivity index (χ3v) is 3.78. The first kappa shape index (κ1) is 27.2. The van der Waals surface area contributed by atoms with Crippen LogP contribution >= 0.6 is 0 Å². The molecule has 0 heterocycles. The van der Waals surface area contributed by atoms with Gasteiger partial charge in [0.1, 0.15) is 18.1 Å². The number of nitrogens with one attached hydrogen (secondary N) is 3. The highest BCUT2D eigenvalue weighted by Gasteiger charge is 2.31. The number of rotatable bonds is 14. The summed E-state index contributed by atoms with van der Waals surface area (Å²) in [6, 6.07) is -6.11. The molecule has 4 atom stereocenters. The normalized spacial score (nSPS) is 14.3. The SMILES string of the molecule is CC(NC(=O)C(CCC(=O)O)NC(=O)C(CC(=O)O)NC(=O)C(N)CC(N)=O)C(=O)O. The highest BCUT2D eigenvalue weighted by molar-refractivity contribution is 5.96. The van der Waals surface area contributed by atoms with Gasteiger partial charge in [-0.3, -0.25) is 33.6 Å². The van der Waals surface area contributed by atoms with Crippen molar-refractivity contribution in [3.63, 3.8) is 0 Å². The van der Waals surface area contributed by atoms with Crippen molar-refractivity contribution in [3.05, 3.63) is 0 Å². The molecule has 0 aliphatic heterocycles. The van der Waals surface area contributed by atoms with E-state index >= 15 is 0 Å². The first-order valence-electron chi connectivity index (χ1n) is 8.86. The molecule has 0 saturated carbocycles. The number of carbonyl (C=O) groups excluding carboxylic acids is 4. The van der Waals surface area contributed by atoms with Crippen molar-refractivity contribution in [1.82, 2.24) is 16.0 Å². The molecule has 0 aromatic heterocycles. The number of hydrogen-bond acceptors (Lipinski definition) is 8. The summed E-state index contributed by atoms with van der Waals surface area (Å²) >= 11 is 0. The van der Waals surface area contributed by atoms with E-state index in [4.69, 9.17) is 26.8 Å². The lowest BCUT2D eigenvalue weighted by Gasteiger charge is -2.23. The molecule has 174 valence electrons. The van der Waals surface area contributed by atoms with Gasteiger partial charge in [-0.2, -0.15) is 0 Å². The lowest BCUT2D eigenvalue weighted by atomic mass is 10.1. The smallest absolute Gasteiger partial charge is 0.325 e. The molecule has 0 aliphatic carbocycles. The second-order valence-corrected chi connectivity index (χ2v) is 6.50. The Bertz CT molecular complexity index is 740. The molecule has 0 bridgehead atoms. The molecule has 31 heavy (non-hydrogen) atoms. The Balaban J connectivity index is 5.44. The Morgan fingerprint density at radius 3 is 1.74 bits per heavy atom. The van der Waals surface area contributed by atoms with Gasteiger partial charge in [0.05, 0.1) is 18.9 Å². The van der Waals surface area contributed by atoms with Gasteiger partial charge >= 0.3 is 17.9 Å². The Hall–Kier alpha value is -3.75. The van der Waals surface area contributed by atoms with Crippen molar-refractivity contribution >= 4 is 41.5 Å². The third-order valence-electron chi connectivity index (χ3n) is 3.78. The van der Waals surface area contributed by atoms with Gasteiger partial charge in [0.2, 0.25) is 23.6 Å². The molecule has 15 nitrogen and oxygen atoms in total. The molecular formula is C16H25N5O10. The summed E-state index contributed by atoms with van der Waals surface area (Å²) in [4.78, 5) is 80.3. The van der Waals surface area contributed by atoms with E-state index in [1.165, 1.54) is 0 Å². The fourth-order valence-corrected chi connectivity index (χ4v) is 2.16. The summed E-state index contributed by atoms with van der Waals surface area (Å²) in [7, 11) is 0. The van der Waals surface area contributed by atoms with Crippen molar-refractivity contribution < 1.29 is 48.9 Å². The summed E-state index contributed by atoms with van der Waals surface area (Å²) in [6.07, 6.45) is -2.54. The van der Waals surface area contributed by atoms with Gasteiger partial charge in [-0.15, -0.1) is 0 Å². The van der Waals surface area contributed by atoms with Crippen LogP contribution in [0.5, 0.6) is 0 Å². The van der Waals surface area contributed by atoms with E-state index in [0.29, 0.717) is 0 Å². The molecule has 4 unspecified atom stereocenters. The van der Waals surface area contributed by atoms with Crippen molar-refractivity contribution in [2.24, 2.45) is 11.5 Å². The van der Waals surface area contributed by atoms with Crippen LogP contribution in [-0.4, -0.2) is 81.0 Å². The molecular weight excluding hydrogens is 422 g/mol. The van der Waals surface area contributed by atoms with Crippen molar-refractivity contribution in [3.8, 4) is 0 Å². The maximum atomic E-state index is 12.5. The molecule has 0 aromatic carbocycles. The van der Waals surface area contributed by atoms with Crippen LogP contribution in [0.3, 0.4) is 0 Å². The van der Waals surface area contributed by atoms with E-state index in [1.54, 1.807) is 0 Å². The fraction of sp³-hybridized carbons (Fsp3) is 0.562. The monoisotopic (exact) mass is 447 g/mol. The molecule has 15 heteroatoms. The number of primary amides is 1. The van der Waals surface area contributed by atoms with Crippen LogP contribution in [0.15, 0.2) is 0 Å². The second kappa shape index (κ2) is 12.7. The van der Waals surface area contributed by atoms with E-state index in [-0.39, 0.29) is 0 Å². The van der Waals surface area contributed by atoms with Crippen LogP contribution in [-0.2, 0) is 33.6 Å². The summed E-state index contributed by atoms with van der Waals surface area (Å²) < 4.78 is 0. The van der Waals surface area contributed by atoms with E-state index in [1.807, 2.05) is 10.6 Å². The number of amides is 4. The highest BCUT2D eigenvalue weighted by Crippen LogP contribution is 2.03. The number of hydrogen-bond donors (Lipinski definition) is 8. The maximum absolute atomic E-state index is 12.5. The maximum Gasteiger partial charge on any atom is 0.325 e. The van der Waals surface area contributed by atoms with Gasteiger partial charge in [0.15, 0.2) is 0 Å².